The molecule has 1 aromatic heterocycles. The van der Waals surface area contributed by atoms with E-state index in [-0.39, 0.29) is 9.79 Å². The predicted octanol–water partition coefficient (Wildman–Crippen LogP) is 1.71. The highest BCUT2D eigenvalue weighted by molar-refractivity contribution is 7.91. The van der Waals surface area contributed by atoms with E-state index in [0.29, 0.717) is 0 Å². The van der Waals surface area contributed by atoms with Crippen LogP contribution in [-0.4, -0.2) is 13.4 Å². The highest BCUT2D eigenvalue weighted by Crippen LogP contribution is 2.18. The van der Waals surface area contributed by atoms with Crippen molar-refractivity contribution in [3.8, 4) is 0 Å². The highest BCUT2D eigenvalue weighted by Gasteiger charge is 2.16. The number of nitrogens with zero attached hydrogens (tertiary/aromatic N) is 1. The molecule has 0 unspecified atom stereocenters. The SMILES string of the molecule is O=S(=O)(c1cc[c]cc1)c1cccnc1. The maximum absolute atomic E-state index is 12.0. The van der Waals surface area contributed by atoms with E-state index in [1.54, 1.807) is 18.2 Å². The molecule has 0 fully saturated rings. The lowest BCUT2D eigenvalue weighted by atomic mass is 10.4. The van der Waals surface area contributed by atoms with Gasteiger partial charge in [-0.1, -0.05) is 12.1 Å². The van der Waals surface area contributed by atoms with E-state index in [0.717, 1.165) is 0 Å². The van der Waals surface area contributed by atoms with Gasteiger partial charge in [-0.05, 0) is 30.3 Å². The number of rotatable bonds is 2. The molecular weight excluding hydrogens is 210 g/mol. The molecule has 0 N–H and O–H groups in total. The summed E-state index contributed by atoms with van der Waals surface area (Å²) in [5, 5.41) is 0. The summed E-state index contributed by atoms with van der Waals surface area (Å²) < 4.78 is 24.0. The molecule has 0 saturated heterocycles. The molecule has 3 nitrogen and oxygen atoms in total. The molecule has 0 saturated carbocycles. The Labute approximate surface area is 88.3 Å². The minimum absolute atomic E-state index is 0.205. The summed E-state index contributed by atoms with van der Waals surface area (Å²) in [6, 6.07) is 12.1. The fourth-order valence-electron chi connectivity index (χ4n) is 1.19. The minimum atomic E-state index is -3.42. The van der Waals surface area contributed by atoms with E-state index in [1.807, 2.05) is 0 Å². The molecule has 2 aromatic rings. The average molecular weight is 218 g/mol. The third-order valence-electron chi connectivity index (χ3n) is 1.94. The summed E-state index contributed by atoms with van der Waals surface area (Å²) in [6.07, 6.45) is 2.88. The van der Waals surface area contributed by atoms with Gasteiger partial charge >= 0.3 is 0 Å². The van der Waals surface area contributed by atoms with Crippen molar-refractivity contribution in [1.29, 1.82) is 0 Å². The second-order valence-electron chi connectivity index (χ2n) is 2.93. The van der Waals surface area contributed by atoms with Crippen LogP contribution in [0.3, 0.4) is 0 Å². The molecule has 0 atom stereocenters. The van der Waals surface area contributed by atoms with Gasteiger partial charge in [-0.3, -0.25) is 4.98 Å². The van der Waals surface area contributed by atoms with Gasteiger partial charge in [0.2, 0.25) is 9.84 Å². The molecule has 1 heterocycles. The first-order valence-corrected chi connectivity index (χ1v) is 5.81. The fraction of sp³-hybridized carbons (Fsp3) is 0. The van der Waals surface area contributed by atoms with E-state index in [2.05, 4.69) is 11.1 Å². The van der Waals surface area contributed by atoms with Crippen LogP contribution in [0.2, 0.25) is 0 Å². The van der Waals surface area contributed by atoms with Crippen LogP contribution in [0.15, 0.2) is 58.6 Å². The zero-order valence-electron chi connectivity index (χ0n) is 7.79. The van der Waals surface area contributed by atoms with Gasteiger partial charge in [0.25, 0.3) is 0 Å². The Morgan fingerprint density at radius 1 is 1.07 bits per heavy atom. The average Bonchev–Trinajstić information content (AvgIpc) is 2.31. The van der Waals surface area contributed by atoms with Crippen molar-refractivity contribution in [3.63, 3.8) is 0 Å². The van der Waals surface area contributed by atoms with Crippen LogP contribution < -0.4 is 0 Å². The molecular formula is C11H8NO2S. The van der Waals surface area contributed by atoms with Crippen LogP contribution in [0.25, 0.3) is 0 Å². The van der Waals surface area contributed by atoms with Gasteiger partial charge in [-0.2, -0.15) is 0 Å². The number of hydrogen-bond acceptors (Lipinski definition) is 3. The maximum atomic E-state index is 12.0. The lowest BCUT2D eigenvalue weighted by Gasteiger charge is -2.02. The highest BCUT2D eigenvalue weighted by atomic mass is 32.2. The zero-order chi connectivity index (χ0) is 10.7. The molecule has 4 heteroatoms. The molecule has 75 valence electrons. The predicted molar refractivity (Wildman–Crippen MR) is 55.0 cm³/mol. The Balaban J connectivity index is 2.55. The normalized spacial score (nSPS) is 11.2. The fourth-order valence-corrected chi connectivity index (χ4v) is 2.42. The third kappa shape index (κ3) is 1.89. The molecule has 0 aliphatic rings. The van der Waals surface area contributed by atoms with Crippen LogP contribution in [0.4, 0.5) is 0 Å². The molecule has 0 spiro atoms. The summed E-state index contributed by atoms with van der Waals surface area (Å²) in [4.78, 5) is 4.25. The van der Waals surface area contributed by atoms with Crippen molar-refractivity contribution < 1.29 is 8.42 Å². The van der Waals surface area contributed by atoms with Crippen molar-refractivity contribution in [2.24, 2.45) is 0 Å². The van der Waals surface area contributed by atoms with E-state index in [4.69, 9.17) is 0 Å². The Morgan fingerprint density at radius 3 is 2.40 bits per heavy atom. The number of pyridine rings is 1. The van der Waals surface area contributed by atoms with Crippen molar-refractivity contribution in [3.05, 3.63) is 54.9 Å². The first kappa shape index (κ1) is 9.86. The van der Waals surface area contributed by atoms with Crippen LogP contribution >= 0.6 is 0 Å². The maximum Gasteiger partial charge on any atom is 0.208 e. The molecule has 0 aliphatic carbocycles. The number of sulfone groups is 1. The Morgan fingerprint density at radius 2 is 1.80 bits per heavy atom. The van der Waals surface area contributed by atoms with Gasteiger partial charge < -0.3 is 0 Å². The molecule has 1 radical (unpaired) electrons. The Hall–Kier alpha value is -1.68. The lowest BCUT2D eigenvalue weighted by Crippen LogP contribution is -2.01. The van der Waals surface area contributed by atoms with Gasteiger partial charge in [0, 0.05) is 12.4 Å². The topological polar surface area (TPSA) is 47.0 Å². The van der Waals surface area contributed by atoms with Crippen molar-refractivity contribution in [1.82, 2.24) is 4.98 Å². The quantitative estimate of drug-likeness (QED) is 0.771. The van der Waals surface area contributed by atoms with E-state index in [9.17, 15) is 8.42 Å². The van der Waals surface area contributed by atoms with Crippen LogP contribution in [0.1, 0.15) is 0 Å². The molecule has 1 aromatic carbocycles. The standard InChI is InChI=1S/C11H8NO2S/c13-15(14,10-5-2-1-3-6-10)11-7-4-8-12-9-11/h2-9H. The van der Waals surface area contributed by atoms with E-state index < -0.39 is 9.84 Å². The van der Waals surface area contributed by atoms with Gasteiger partial charge in [0.1, 0.15) is 0 Å². The molecule has 0 amide bonds. The summed E-state index contributed by atoms with van der Waals surface area (Å²) in [6.45, 7) is 0. The van der Waals surface area contributed by atoms with Crippen molar-refractivity contribution >= 4 is 9.84 Å². The monoisotopic (exact) mass is 218 g/mol. The number of hydrogen-bond donors (Lipinski definition) is 0. The number of aromatic nitrogens is 1. The first-order valence-electron chi connectivity index (χ1n) is 4.32. The Bertz CT molecular complexity index is 490. The van der Waals surface area contributed by atoms with Gasteiger partial charge in [-0.15, -0.1) is 0 Å². The lowest BCUT2D eigenvalue weighted by molar-refractivity contribution is 0.595. The van der Waals surface area contributed by atoms with Gasteiger partial charge in [0.15, 0.2) is 0 Å². The summed E-state index contributed by atoms with van der Waals surface area (Å²) in [5.41, 5.74) is 0. The summed E-state index contributed by atoms with van der Waals surface area (Å²) in [5.74, 6) is 0. The van der Waals surface area contributed by atoms with Crippen LogP contribution in [0, 0.1) is 6.07 Å². The summed E-state index contributed by atoms with van der Waals surface area (Å²) >= 11 is 0. The minimum Gasteiger partial charge on any atom is -0.263 e. The second-order valence-corrected chi connectivity index (χ2v) is 4.88. The molecule has 0 bridgehead atoms. The van der Waals surface area contributed by atoms with E-state index >= 15 is 0 Å². The summed E-state index contributed by atoms with van der Waals surface area (Å²) in [7, 11) is -3.42. The second kappa shape index (κ2) is 3.82. The van der Waals surface area contributed by atoms with Crippen molar-refractivity contribution in [2.75, 3.05) is 0 Å². The molecule has 2 rings (SSSR count). The Kier molecular flexibility index (Phi) is 2.51. The zero-order valence-corrected chi connectivity index (χ0v) is 8.61. The van der Waals surface area contributed by atoms with Gasteiger partial charge in [0.05, 0.1) is 9.79 Å². The van der Waals surface area contributed by atoms with Crippen LogP contribution in [0.5, 0.6) is 0 Å². The molecule has 15 heavy (non-hydrogen) atoms. The number of benzene rings is 1. The largest absolute Gasteiger partial charge is 0.263 e. The van der Waals surface area contributed by atoms with Crippen molar-refractivity contribution in [2.45, 2.75) is 9.79 Å². The smallest absolute Gasteiger partial charge is 0.208 e. The van der Waals surface area contributed by atoms with Gasteiger partial charge in [-0.25, -0.2) is 8.42 Å². The first-order chi connectivity index (χ1) is 7.21. The van der Waals surface area contributed by atoms with Crippen LogP contribution in [-0.2, 0) is 9.84 Å². The van der Waals surface area contributed by atoms with E-state index in [1.165, 1.54) is 30.6 Å². The third-order valence-corrected chi connectivity index (χ3v) is 3.70. The molecule has 0 aliphatic heterocycles.